The standard InChI is InChI=1S/C45H87O8P/c1-4-7-9-11-13-15-17-18-19-20-21-22-23-24-25-26-27-28-30-32-34-36-38-40-45(47)53-43(42-52-54(48,49)51-6-3)41-50-44(46)39-37-35-33-31-29-16-14-12-10-8-5-2/h20-21,43H,4-19,22-42H2,1-3H3,(H,48,49)/b21-20-. The topological polar surface area (TPSA) is 108 Å². The first kappa shape index (κ1) is 52.8. The summed E-state index contributed by atoms with van der Waals surface area (Å²) in [6.07, 6.45) is 44.2. The van der Waals surface area contributed by atoms with Crippen LogP contribution in [-0.4, -0.2) is 42.8 Å². The minimum Gasteiger partial charge on any atom is -0.462 e. The zero-order valence-corrected chi connectivity index (χ0v) is 36.5. The molecule has 320 valence electrons. The Morgan fingerprint density at radius 1 is 0.481 bits per heavy atom. The van der Waals surface area contributed by atoms with E-state index in [2.05, 4.69) is 26.0 Å². The molecule has 8 nitrogen and oxygen atoms in total. The Kier molecular flexibility index (Phi) is 40.5. The van der Waals surface area contributed by atoms with Crippen LogP contribution in [0.2, 0.25) is 0 Å². The van der Waals surface area contributed by atoms with Crippen LogP contribution in [0.4, 0.5) is 0 Å². The van der Waals surface area contributed by atoms with Gasteiger partial charge in [0.25, 0.3) is 0 Å². The van der Waals surface area contributed by atoms with Crippen LogP contribution in [0.15, 0.2) is 12.2 Å². The Bertz CT molecular complexity index is 895. The van der Waals surface area contributed by atoms with Crippen LogP contribution in [0.5, 0.6) is 0 Å². The number of rotatable bonds is 43. The molecular formula is C45H87O8P. The van der Waals surface area contributed by atoms with Crippen molar-refractivity contribution in [2.45, 2.75) is 245 Å². The van der Waals surface area contributed by atoms with Crippen LogP contribution in [0.1, 0.15) is 239 Å². The summed E-state index contributed by atoms with van der Waals surface area (Å²) in [5, 5.41) is 0. The van der Waals surface area contributed by atoms with Crippen molar-refractivity contribution >= 4 is 19.8 Å². The van der Waals surface area contributed by atoms with Crippen molar-refractivity contribution in [3.05, 3.63) is 12.2 Å². The lowest BCUT2D eigenvalue weighted by Crippen LogP contribution is -2.29. The van der Waals surface area contributed by atoms with Crippen LogP contribution in [0, 0.1) is 0 Å². The zero-order valence-electron chi connectivity index (χ0n) is 35.6. The number of unbranched alkanes of at least 4 members (excludes halogenated alkanes) is 29. The molecule has 9 heteroatoms. The molecule has 0 aliphatic carbocycles. The molecule has 2 atom stereocenters. The van der Waals surface area contributed by atoms with Crippen molar-refractivity contribution in [2.24, 2.45) is 0 Å². The molecular weight excluding hydrogens is 699 g/mol. The second-order valence-electron chi connectivity index (χ2n) is 15.4. The molecule has 0 aliphatic heterocycles. The van der Waals surface area contributed by atoms with Crippen molar-refractivity contribution in [1.82, 2.24) is 0 Å². The number of carbonyl (C=O) groups is 2. The SMILES string of the molecule is CCCCCCCCCC/C=C\CCCCCCCCCCCCCC(=O)OC(COC(=O)CCCCCCCCCCCCC)COP(=O)(O)OCC. The van der Waals surface area contributed by atoms with E-state index in [4.69, 9.17) is 18.5 Å². The Morgan fingerprint density at radius 2 is 0.833 bits per heavy atom. The molecule has 0 bridgehead atoms. The Morgan fingerprint density at radius 3 is 1.22 bits per heavy atom. The van der Waals surface area contributed by atoms with Crippen LogP contribution in [0.25, 0.3) is 0 Å². The van der Waals surface area contributed by atoms with Crippen LogP contribution in [0.3, 0.4) is 0 Å². The van der Waals surface area contributed by atoms with Crippen LogP contribution in [-0.2, 0) is 32.7 Å². The molecule has 1 N–H and O–H groups in total. The highest BCUT2D eigenvalue weighted by atomic mass is 31.2. The molecule has 0 aliphatic rings. The minimum absolute atomic E-state index is 0.00369. The number of hydrogen-bond donors (Lipinski definition) is 1. The molecule has 0 spiro atoms. The summed E-state index contributed by atoms with van der Waals surface area (Å²) >= 11 is 0. The number of ether oxygens (including phenoxy) is 2. The molecule has 0 amide bonds. The molecule has 54 heavy (non-hydrogen) atoms. The van der Waals surface area contributed by atoms with Gasteiger partial charge in [-0.3, -0.25) is 18.6 Å². The highest BCUT2D eigenvalue weighted by molar-refractivity contribution is 7.47. The van der Waals surface area contributed by atoms with E-state index in [1.54, 1.807) is 6.92 Å². The van der Waals surface area contributed by atoms with Crippen LogP contribution >= 0.6 is 7.82 Å². The van der Waals surface area contributed by atoms with Gasteiger partial charge >= 0.3 is 19.8 Å². The summed E-state index contributed by atoms with van der Waals surface area (Å²) in [5.74, 6) is -0.788. The second kappa shape index (κ2) is 41.4. The summed E-state index contributed by atoms with van der Waals surface area (Å²) in [4.78, 5) is 34.7. The third-order valence-corrected chi connectivity index (χ3v) is 11.1. The van der Waals surface area contributed by atoms with Gasteiger partial charge in [0.2, 0.25) is 0 Å². The van der Waals surface area contributed by atoms with E-state index < -0.39 is 19.9 Å². The van der Waals surface area contributed by atoms with E-state index in [-0.39, 0.29) is 32.2 Å². The second-order valence-corrected chi connectivity index (χ2v) is 16.9. The third kappa shape index (κ3) is 40.5. The summed E-state index contributed by atoms with van der Waals surface area (Å²) in [6, 6.07) is 0. The number of phosphoric ester groups is 1. The Hall–Kier alpha value is -1.21. The number of esters is 2. The molecule has 0 saturated carbocycles. The summed E-state index contributed by atoms with van der Waals surface area (Å²) in [6.45, 7) is 5.50. The van der Waals surface area contributed by atoms with Gasteiger partial charge in [-0.1, -0.05) is 193 Å². The van der Waals surface area contributed by atoms with Crippen LogP contribution < -0.4 is 0 Å². The predicted octanol–water partition coefficient (Wildman–Crippen LogP) is 14.5. The first-order valence-corrected chi connectivity index (χ1v) is 24.5. The van der Waals surface area contributed by atoms with E-state index in [0.29, 0.717) is 6.42 Å². The monoisotopic (exact) mass is 787 g/mol. The molecule has 0 aromatic rings. The quantitative estimate of drug-likeness (QED) is 0.0282. The van der Waals surface area contributed by atoms with E-state index in [9.17, 15) is 19.0 Å². The van der Waals surface area contributed by atoms with Gasteiger partial charge in [0.1, 0.15) is 6.61 Å². The van der Waals surface area contributed by atoms with E-state index in [1.807, 2.05) is 0 Å². The summed E-state index contributed by atoms with van der Waals surface area (Å²) in [7, 11) is -4.27. The highest BCUT2D eigenvalue weighted by Gasteiger charge is 2.25. The summed E-state index contributed by atoms with van der Waals surface area (Å²) in [5.41, 5.74) is 0. The molecule has 0 fully saturated rings. The number of allylic oxidation sites excluding steroid dienone is 2. The number of carbonyl (C=O) groups excluding carboxylic acids is 2. The molecule has 0 aromatic carbocycles. The lowest BCUT2D eigenvalue weighted by atomic mass is 10.0. The molecule has 0 aromatic heterocycles. The van der Waals surface area contributed by atoms with Gasteiger partial charge in [-0.2, -0.15) is 0 Å². The van der Waals surface area contributed by atoms with Gasteiger partial charge in [0.05, 0.1) is 13.2 Å². The fourth-order valence-corrected chi connectivity index (χ4v) is 7.44. The number of hydrogen-bond acceptors (Lipinski definition) is 7. The molecule has 0 heterocycles. The van der Waals surface area contributed by atoms with Gasteiger partial charge < -0.3 is 14.4 Å². The predicted molar refractivity (Wildman–Crippen MR) is 226 cm³/mol. The zero-order chi connectivity index (χ0) is 39.6. The van der Waals surface area contributed by atoms with E-state index in [1.165, 1.54) is 167 Å². The molecule has 0 rings (SSSR count). The van der Waals surface area contributed by atoms with E-state index in [0.717, 1.165) is 38.5 Å². The lowest BCUT2D eigenvalue weighted by Gasteiger charge is -2.19. The van der Waals surface area contributed by atoms with Gasteiger partial charge in [-0.15, -0.1) is 0 Å². The first-order valence-electron chi connectivity index (χ1n) is 23.0. The lowest BCUT2D eigenvalue weighted by molar-refractivity contribution is -0.161. The highest BCUT2D eigenvalue weighted by Crippen LogP contribution is 2.43. The van der Waals surface area contributed by atoms with Gasteiger partial charge in [0, 0.05) is 12.8 Å². The maximum atomic E-state index is 12.6. The fourth-order valence-electron chi connectivity index (χ4n) is 6.68. The minimum atomic E-state index is -4.27. The number of phosphoric acid groups is 1. The smallest absolute Gasteiger partial charge is 0.462 e. The Balaban J connectivity index is 3.94. The molecule has 0 radical (unpaired) electrons. The maximum Gasteiger partial charge on any atom is 0.472 e. The fraction of sp³-hybridized carbons (Fsp3) is 0.911. The average Bonchev–Trinajstić information content (AvgIpc) is 3.15. The average molecular weight is 787 g/mol. The molecule has 0 saturated heterocycles. The largest absolute Gasteiger partial charge is 0.472 e. The van der Waals surface area contributed by atoms with Crippen molar-refractivity contribution < 1.29 is 37.6 Å². The molecule has 2 unspecified atom stereocenters. The van der Waals surface area contributed by atoms with Gasteiger partial charge in [0.15, 0.2) is 6.10 Å². The van der Waals surface area contributed by atoms with E-state index >= 15 is 0 Å². The normalized spacial score (nSPS) is 13.3. The summed E-state index contributed by atoms with van der Waals surface area (Å²) < 4.78 is 32.6. The maximum absolute atomic E-state index is 12.6. The van der Waals surface area contributed by atoms with Gasteiger partial charge in [-0.25, -0.2) is 4.57 Å². The van der Waals surface area contributed by atoms with Gasteiger partial charge in [-0.05, 0) is 45.4 Å². The van der Waals surface area contributed by atoms with Crippen molar-refractivity contribution in [3.8, 4) is 0 Å². The third-order valence-electron chi connectivity index (χ3n) is 10.1. The van der Waals surface area contributed by atoms with Crippen molar-refractivity contribution in [2.75, 3.05) is 19.8 Å². The van der Waals surface area contributed by atoms with Crippen molar-refractivity contribution in [1.29, 1.82) is 0 Å². The Labute approximate surface area is 333 Å². The van der Waals surface area contributed by atoms with Crippen molar-refractivity contribution in [3.63, 3.8) is 0 Å². The first-order chi connectivity index (χ1) is 26.3.